The van der Waals surface area contributed by atoms with Crippen LogP contribution in [0.5, 0.6) is 0 Å². The van der Waals surface area contributed by atoms with Crippen LogP contribution < -0.4 is 27.0 Å². The lowest BCUT2D eigenvalue weighted by Gasteiger charge is -2.37. The van der Waals surface area contributed by atoms with Crippen LogP contribution in [0.4, 0.5) is 14.4 Å². The van der Waals surface area contributed by atoms with Crippen molar-refractivity contribution in [3.63, 3.8) is 0 Å². The zero-order chi connectivity index (χ0) is 79.8. The topological polar surface area (TPSA) is 367 Å². The largest absolute Gasteiger partial charge is 0.480 e. The number of nitrogens with one attached hydrogen (secondary N) is 4. The van der Waals surface area contributed by atoms with Crippen LogP contribution in [0.25, 0.3) is 33.4 Å². The zero-order valence-electron chi connectivity index (χ0n) is 62.3. The van der Waals surface area contributed by atoms with Crippen LogP contribution in [0, 0.1) is 34.5 Å². The number of benzene rings is 6. The zero-order valence-corrected chi connectivity index (χ0v) is 65.5. The number of piperidine rings is 3. The molecule has 592 valence electrons. The van der Waals surface area contributed by atoms with E-state index in [4.69, 9.17) is 36.8 Å². The smallest absolute Gasteiger partial charge is 0.407 e. The van der Waals surface area contributed by atoms with Gasteiger partial charge in [0.2, 0.25) is 28.9 Å². The molecule has 114 heavy (non-hydrogen) atoms. The fraction of sp³-hybridized carbons (Fsp3) is 0.424. The van der Waals surface area contributed by atoms with Crippen molar-refractivity contribution in [3.05, 3.63) is 179 Å². The van der Waals surface area contributed by atoms with Gasteiger partial charge in [0.05, 0.1) is 34.3 Å². The van der Waals surface area contributed by atoms with Crippen LogP contribution in [-0.2, 0) is 52.6 Å². The molecule has 11 aliphatic rings. The monoisotopic (exact) mass is 1620 g/mol. The number of hydrogen-bond donors (Lipinski definition) is 6. The van der Waals surface area contributed by atoms with E-state index in [9.17, 15) is 63.1 Å². The standard InChI is InChI=1S/C31H32N4O5S.C23H21ClN2O4S.C23H22N2O5S.C8H12N2O/c32-15-19(14-18-6-5-11-27(18)36)33-29(37)26-17-41-28-13-12-25(30(38)35(26)28)34-31(39)40-16-24-22-9-3-1-7-20(22)21-8-2-4-10-23(21)24;24-21(27)19-12-31-20-10-9-18(22(28)26(19)20)25-23(29)30-11-17-15-7-3-1-5-13(15)14-6-2-4-8-16(14)17;26-21-18(9-10-20-25(21)19(12-31-20)22(27)28)24-23(29)30-11-17-15-7-3-1-5-13(15)14-6-2-4-8-16(14)17;9-5-7(10)4-6-2-1-3-8(6)11/h1-4,7-10,18-19,24-26,28H,5-6,11-14,16-17H2,(H,33,37)(H,34,39);1-8,17-20H,9-12H2,(H,25,29);1-8,17-20H,9-12H2,(H,24,29)(H,27,28);6-7H,1-4,10H2/t18-,19-,25-,26-,28-;2*18-,19-,20-;6-,7-/m0000/s1. The van der Waals surface area contributed by atoms with Gasteiger partial charge in [-0.25, -0.2) is 19.2 Å². The van der Waals surface area contributed by atoms with E-state index in [1.54, 1.807) is 16.7 Å². The molecule has 0 aromatic heterocycles. The number of nitriles is 2. The molecule has 29 heteroatoms. The Kier molecular flexibility index (Phi) is 25.4. The van der Waals surface area contributed by atoms with Gasteiger partial charge >= 0.3 is 24.2 Å². The second-order valence-electron chi connectivity index (χ2n) is 30.1. The maximum absolute atomic E-state index is 13.5. The lowest BCUT2D eigenvalue weighted by molar-refractivity contribution is -0.151. The summed E-state index contributed by atoms with van der Waals surface area (Å²) in [4.78, 5) is 141. The maximum atomic E-state index is 13.5. The van der Waals surface area contributed by atoms with E-state index in [1.165, 1.54) is 33.3 Å². The van der Waals surface area contributed by atoms with Crippen molar-refractivity contribution in [1.29, 1.82) is 10.5 Å². The van der Waals surface area contributed by atoms with Crippen molar-refractivity contribution in [3.8, 4) is 45.5 Å². The number of carbonyl (C=O) groups excluding carboxylic acids is 10. The molecule has 7 N–H and O–H groups in total. The molecule has 5 aliphatic carbocycles. The Hall–Kier alpha value is -10.2. The third-order valence-corrected chi connectivity index (χ3v) is 27.7. The normalized spacial score (nSPS) is 25.0. The van der Waals surface area contributed by atoms with E-state index in [1.807, 2.05) is 103 Å². The van der Waals surface area contributed by atoms with Crippen molar-refractivity contribution in [2.24, 2.45) is 17.6 Å². The molecule has 0 unspecified atom stereocenters. The van der Waals surface area contributed by atoms with Crippen LogP contribution in [-0.4, -0.2) is 186 Å². The Labute approximate surface area is 677 Å². The van der Waals surface area contributed by atoms with Gasteiger partial charge in [0.1, 0.15) is 73.7 Å². The number of nitrogens with two attached hydrogens (primary N) is 1. The van der Waals surface area contributed by atoms with Gasteiger partial charge in [-0.05, 0) is 155 Å². The Morgan fingerprint density at radius 2 is 0.772 bits per heavy atom. The van der Waals surface area contributed by atoms with Crippen LogP contribution >= 0.6 is 46.9 Å². The highest BCUT2D eigenvalue weighted by Gasteiger charge is 2.51. The van der Waals surface area contributed by atoms with Crippen molar-refractivity contribution in [2.45, 2.75) is 172 Å². The summed E-state index contributed by atoms with van der Waals surface area (Å²) in [6.07, 6.45) is 6.99. The van der Waals surface area contributed by atoms with Gasteiger partial charge in [-0.1, -0.05) is 146 Å². The Bertz CT molecular complexity index is 4520. The molecule has 25 nitrogen and oxygen atoms in total. The molecule has 0 radical (unpaired) electrons. The molecular formula is C85H87ClN10O15S3. The summed E-state index contributed by atoms with van der Waals surface area (Å²) in [5, 5.41) is 37.4. The van der Waals surface area contributed by atoms with Crippen molar-refractivity contribution in [1.82, 2.24) is 36.0 Å². The van der Waals surface area contributed by atoms with E-state index in [2.05, 4.69) is 75.9 Å². The van der Waals surface area contributed by atoms with Gasteiger partial charge < -0.3 is 61.0 Å². The highest BCUT2D eigenvalue weighted by molar-refractivity contribution is 8.00. The number of carboxylic acid groups (broad SMARTS) is 1. The third-order valence-electron chi connectivity index (χ3n) is 23.4. The lowest BCUT2D eigenvalue weighted by atomic mass is 9.97. The molecule has 0 spiro atoms. The minimum absolute atomic E-state index is 0.0437. The fourth-order valence-corrected chi connectivity index (χ4v) is 22.3. The van der Waals surface area contributed by atoms with E-state index in [0.717, 1.165) is 92.4 Å². The number of fused-ring (bicyclic) bond motifs is 12. The second-order valence-corrected chi connectivity index (χ2v) is 34.1. The number of aliphatic carboxylic acids is 1. The number of hydrogen-bond acceptors (Lipinski definition) is 20. The first-order valence-corrected chi connectivity index (χ1v) is 42.3. The molecule has 6 saturated heterocycles. The van der Waals surface area contributed by atoms with Gasteiger partial charge in [-0.15, -0.1) is 35.3 Å². The molecule has 0 bridgehead atoms. The van der Waals surface area contributed by atoms with Crippen LogP contribution in [0.2, 0.25) is 0 Å². The molecule has 7 amide bonds. The van der Waals surface area contributed by atoms with Gasteiger partial charge in [0.25, 0.3) is 0 Å². The predicted molar refractivity (Wildman–Crippen MR) is 428 cm³/mol. The minimum Gasteiger partial charge on any atom is -0.480 e. The van der Waals surface area contributed by atoms with E-state index >= 15 is 0 Å². The average molecular weight is 1620 g/mol. The third kappa shape index (κ3) is 17.2. The van der Waals surface area contributed by atoms with Crippen LogP contribution in [0.3, 0.4) is 0 Å². The first-order valence-electron chi connectivity index (χ1n) is 38.8. The highest BCUT2D eigenvalue weighted by Crippen LogP contribution is 2.48. The van der Waals surface area contributed by atoms with Gasteiger partial charge in [0, 0.05) is 59.7 Å². The number of alkyl carbamates (subject to hydrolysis) is 3. The fourth-order valence-electron chi connectivity index (χ4n) is 17.7. The Balaban J connectivity index is 0.000000134. The number of ether oxygens (including phenoxy) is 3. The molecule has 6 heterocycles. The van der Waals surface area contributed by atoms with Crippen LogP contribution in [0.1, 0.15) is 141 Å². The minimum atomic E-state index is -1.01. The number of amides is 7. The van der Waals surface area contributed by atoms with Crippen LogP contribution in [0.15, 0.2) is 146 Å². The molecule has 2 saturated carbocycles. The summed E-state index contributed by atoms with van der Waals surface area (Å²) in [5.41, 5.74) is 19.0. The molecule has 6 aromatic carbocycles. The van der Waals surface area contributed by atoms with Crippen molar-refractivity contribution in [2.75, 3.05) is 37.1 Å². The summed E-state index contributed by atoms with van der Waals surface area (Å²) in [5.74, 6) is -0.936. The number of carbonyl (C=O) groups is 11. The number of thioether (sulfide) groups is 3. The van der Waals surface area contributed by atoms with E-state index < -0.39 is 83.7 Å². The summed E-state index contributed by atoms with van der Waals surface area (Å²) in [6, 6.07) is 46.9. The molecule has 6 aromatic rings. The van der Waals surface area contributed by atoms with Gasteiger partial charge in [-0.2, -0.15) is 10.5 Å². The van der Waals surface area contributed by atoms with Crippen molar-refractivity contribution >= 4 is 112 Å². The lowest BCUT2D eigenvalue weighted by Crippen LogP contribution is -2.59. The summed E-state index contributed by atoms with van der Waals surface area (Å²) >= 11 is 10.2. The predicted octanol–water partition coefficient (Wildman–Crippen LogP) is 11.1. The molecule has 17 rings (SSSR count). The average Bonchev–Trinajstić information content (AvgIpc) is 1.62. The molecular weight excluding hydrogens is 1530 g/mol. The molecule has 13 atom stereocenters. The van der Waals surface area contributed by atoms with Gasteiger partial charge in [0.15, 0.2) is 0 Å². The van der Waals surface area contributed by atoms with E-state index in [0.29, 0.717) is 81.5 Å². The number of rotatable bonds is 17. The van der Waals surface area contributed by atoms with Crippen molar-refractivity contribution < 1.29 is 72.1 Å². The summed E-state index contributed by atoms with van der Waals surface area (Å²) in [6.45, 7) is 0.500. The number of halogens is 1. The first kappa shape index (κ1) is 80.4. The van der Waals surface area contributed by atoms with Gasteiger partial charge in [-0.3, -0.25) is 33.6 Å². The quantitative estimate of drug-likeness (QED) is 0.0365. The number of Topliss-reactive ketones (excluding diaryl/α,β-unsaturated/α-hetero) is 2. The number of ketones is 2. The SMILES string of the molecule is N#C[C@@H](N)C[C@@H]1CCCC1=O.N#C[C@H](C[C@@H]1CCCC1=O)NC(=O)[C@@H]1CS[C@H]2CC[C@H](NC(=O)OCC3c4ccccc4-c4ccccc43)C(=O)N21.O=C(N[C@H]1CC[C@@H]2SC[C@@H](C(=O)Cl)N2C1=O)OCC1c2ccccc2-c2ccccc21.O=C(N[C@H]1CC[C@@H]2SC[C@@H](C(=O)O)N2C1=O)OCC1c2ccccc2-c2ccccc21. The summed E-state index contributed by atoms with van der Waals surface area (Å²) in [7, 11) is 0. The van der Waals surface area contributed by atoms with E-state index in [-0.39, 0.29) is 94.8 Å². The molecule has 8 fully saturated rings. The molecule has 6 aliphatic heterocycles. The summed E-state index contributed by atoms with van der Waals surface area (Å²) < 4.78 is 16.7. The number of carboxylic acids is 1. The second kappa shape index (κ2) is 36.1. The Morgan fingerprint density at radius 3 is 1.09 bits per heavy atom. The highest BCUT2D eigenvalue weighted by atomic mass is 35.5. The Morgan fingerprint density at radius 1 is 0.456 bits per heavy atom. The maximum Gasteiger partial charge on any atom is 0.407 e. The first-order chi connectivity index (χ1) is 55.3. The number of nitrogens with zero attached hydrogens (tertiary/aromatic N) is 5.